The number of allylic oxidation sites excluding steroid dienone is 7. The smallest absolute Gasteiger partial charge is 0.369 e. The zero-order valence-electron chi connectivity index (χ0n) is 12.9. The lowest BCUT2D eigenvalue weighted by molar-refractivity contribution is 0.150. The Hall–Kier alpha value is -0.903. The van der Waals surface area contributed by atoms with Crippen molar-refractivity contribution in [2.75, 3.05) is 6.61 Å². The fourth-order valence-electron chi connectivity index (χ4n) is 2.91. The van der Waals surface area contributed by atoms with Crippen LogP contribution in [0.1, 0.15) is 40.0 Å². The maximum Gasteiger partial charge on any atom is 0.369 e. The average molecular weight is 290 g/mol. The molecule has 0 radical (unpaired) electrons. The van der Waals surface area contributed by atoms with Crippen molar-refractivity contribution in [3.8, 4) is 0 Å². The first-order valence-corrected chi connectivity index (χ1v) is 9.77. The molecule has 2 unspecified atom stereocenters. The fourth-order valence-corrected chi connectivity index (χ4v) is 6.53. The zero-order chi connectivity index (χ0) is 14.4. The van der Waals surface area contributed by atoms with Crippen LogP contribution in [0.4, 0.5) is 0 Å². The highest BCUT2D eigenvalue weighted by Gasteiger charge is 2.42. The molecule has 3 heteroatoms. The highest BCUT2D eigenvalue weighted by atomic mass is 28.4. The van der Waals surface area contributed by atoms with Crippen molar-refractivity contribution < 1.29 is 8.85 Å². The largest absolute Gasteiger partial charge is 0.391 e. The molecule has 0 saturated heterocycles. The quantitative estimate of drug-likeness (QED) is 0.609. The molecule has 2 rings (SSSR count). The Labute approximate surface area is 124 Å². The zero-order valence-corrected chi connectivity index (χ0v) is 13.9. The molecule has 0 aromatic heterocycles. The summed E-state index contributed by atoms with van der Waals surface area (Å²) in [5, 5.41) is 1.39. The van der Waals surface area contributed by atoms with Gasteiger partial charge in [0, 0.05) is 6.61 Å². The second kappa shape index (κ2) is 7.20. The summed E-state index contributed by atoms with van der Waals surface area (Å²) in [7, 11) is -2.26. The SMILES string of the molecule is CCC[Si](OCC)(OC(C)C1=CC=CC1)C1=CC=CC1. The standard InChI is InChI=1S/C17H26O2Si/c1-4-14-20(18-5-2,17-12-8-9-13-17)19-15(3)16-10-6-7-11-16/h6-10,12,15H,4-5,11,13-14H2,1-3H3. The van der Waals surface area contributed by atoms with E-state index in [1.54, 1.807) is 0 Å². The highest BCUT2D eigenvalue weighted by Crippen LogP contribution is 2.33. The summed E-state index contributed by atoms with van der Waals surface area (Å²) in [6, 6.07) is 1.04. The Morgan fingerprint density at radius 1 is 1.15 bits per heavy atom. The van der Waals surface area contributed by atoms with Crippen LogP contribution in [0.2, 0.25) is 6.04 Å². The molecule has 2 aliphatic rings. The van der Waals surface area contributed by atoms with Gasteiger partial charge in [-0.1, -0.05) is 49.8 Å². The van der Waals surface area contributed by atoms with E-state index in [0.29, 0.717) is 0 Å². The molecule has 2 nitrogen and oxygen atoms in total. The van der Waals surface area contributed by atoms with E-state index in [1.807, 2.05) is 0 Å². The molecule has 0 aromatic carbocycles. The average Bonchev–Trinajstić information content (AvgIpc) is 3.13. The molecular formula is C17H26O2Si. The van der Waals surface area contributed by atoms with E-state index < -0.39 is 8.56 Å². The van der Waals surface area contributed by atoms with Crippen LogP contribution in [0, 0.1) is 0 Å². The molecule has 110 valence electrons. The lowest BCUT2D eigenvalue weighted by atomic mass is 10.1. The Morgan fingerprint density at radius 2 is 1.90 bits per heavy atom. The third-order valence-electron chi connectivity index (χ3n) is 3.91. The van der Waals surface area contributed by atoms with Crippen LogP contribution in [-0.4, -0.2) is 21.3 Å². The molecule has 0 bridgehead atoms. The van der Waals surface area contributed by atoms with Crippen molar-refractivity contribution in [2.45, 2.75) is 52.2 Å². The van der Waals surface area contributed by atoms with Crippen molar-refractivity contribution in [3.05, 3.63) is 47.2 Å². The molecule has 0 N–H and O–H groups in total. The fraction of sp³-hybridized carbons (Fsp3) is 0.529. The molecule has 0 amide bonds. The van der Waals surface area contributed by atoms with Gasteiger partial charge in [0.2, 0.25) is 0 Å². The van der Waals surface area contributed by atoms with Crippen molar-refractivity contribution in [1.29, 1.82) is 0 Å². The van der Waals surface area contributed by atoms with Crippen LogP contribution >= 0.6 is 0 Å². The van der Waals surface area contributed by atoms with Crippen molar-refractivity contribution in [3.63, 3.8) is 0 Å². The van der Waals surface area contributed by atoms with Crippen molar-refractivity contribution >= 4 is 8.56 Å². The molecule has 0 spiro atoms. The van der Waals surface area contributed by atoms with Gasteiger partial charge in [0.05, 0.1) is 6.10 Å². The summed E-state index contributed by atoms with van der Waals surface area (Å²) in [4.78, 5) is 0. The molecule has 20 heavy (non-hydrogen) atoms. The number of hydrogen-bond acceptors (Lipinski definition) is 2. The molecule has 0 heterocycles. The molecule has 0 fully saturated rings. The predicted octanol–water partition coefficient (Wildman–Crippen LogP) is 4.59. The Bertz CT molecular complexity index is 440. The summed E-state index contributed by atoms with van der Waals surface area (Å²) >= 11 is 0. The van der Waals surface area contributed by atoms with E-state index in [4.69, 9.17) is 8.85 Å². The molecule has 0 saturated carbocycles. The van der Waals surface area contributed by atoms with Crippen molar-refractivity contribution in [2.24, 2.45) is 0 Å². The Balaban J connectivity index is 2.15. The van der Waals surface area contributed by atoms with Crippen LogP contribution < -0.4 is 0 Å². The van der Waals surface area contributed by atoms with Crippen molar-refractivity contribution in [1.82, 2.24) is 0 Å². The van der Waals surface area contributed by atoms with Gasteiger partial charge in [0.15, 0.2) is 0 Å². The van der Waals surface area contributed by atoms with Gasteiger partial charge in [0.25, 0.3) is 0 Å². The maximum absolute atomic E-state index is 6.59. The first-order chi connectivity index (χ1) is 9.72. The topological polar surface area (TPSA) is 18.5 Å². The van der Waals surface area contributed by atoms with Gasteiger partial charge in [-0.3, -0.25) is 0 Å². The first kappa shape index (κ1) is 15.5. The lowest BCUT2D eigenvalue weighted by Gasteiger charge is -2.34. The van der Waals surface area contributed by atoms with Gasteiger partial charge < -0.3 is 8.85 Å². The van der Waals surface area contributed by atoms with E-state index >= 15 is 0 Å². The highest BCUT2D eigenvalue weighted by molar-refractivity contribution is 6.75. The minimum atomic E-state index is -2.26. The second-order valence-electron chi connectivity index (χ2n) is 5.39. The van der Waals surface area contributed by atoms with Gasteiger partial charge in [-0.25, -0.2) is 0 Å². The molecular weight excluding hydrogens is 264 g/mol. The van der Waals surface area contributed by atoms with Gasteiger partial charge in [0.1, 0.15) is 0 Å². The van der Waals surface area contributed by atoms with Crippen LogP contribution in [-0.2, 0) is 8.85 Å². The molecule has 2 aliphatic carbocycles. The first-order valence-electron chi connectivity index (χ1n) is 7.75. The molecule has 2 atom stereocenters. The summed E-state index contributed by atoms with van der Waals surface area (Å²) in [6.45, 7) is 7.19. The Morgan fingerprint density at radius 3 is 2.45 bits per heavy atom. The van der Waals surface area contributed by atoms with Crippen LogP contribution in [0.25, 0.3) is 0 Å². The summed E-state index contributed by atoms with van der Waals surface area (Å²) < 4.78 is 12.8. The minimum Gasteiger partial charge on any atom is -0.391 e. The maximum atomic E-state index is 6.59. The van der Waals surface area contributed by atoms with Gasteiger partial charge in [-0.05, 0) is 43.5 Å². The van der Waals surface area contributed by atoms with E-state index in [9.17, 15) is 0 Å². The van der Waals surface area contributed by atoms with Crippen LogP contribution in [0.15, 0.2) is 47.2 Å². The van der Waals surface area contributed by atoms with Gasteiger partial charge >= 0.3 is 8.56 Å². The van der Waals surface area contributed by atoms with E-state index in [1.165, 1.54) is 10.8 Å². The number of hydrogen-bond donors (Lipinski definition) is 0. The van der Waals surface area contributed by atoms with Gasteiger partial charge in [-0.15, -0.1) is 0 Å². The summed E-state index contributed by atoms with van der Waals surface area (Å²) in [5.74, 6) is 0. The lowest BCUT2D eigenvalue weighted by Crippen LogP contribution is -2.47. The third-order valence-corrected chi connectivity index (χ3v) is 7.90. The van der Waals surface area contributed by atoms with Crippen LogP contribution in [0.3, 0.4) is 0 Å². The monoisotopic (exact) mass is 290 g/mol. The van der Waals surface area contributed by atoms with E-state index in [0.717, 1.165) is 31.9 Å². The van der Waals surface area contributed by atoms with Crippen LogP contribution in [0.5, 0.6) is 0 Å². The molecule has 0 aliphatic heterocycles. The van der Waals surface area contributed by atoms with E-state index in [2.05, 4.69) is 57.2 Å². The third kappa shape index (κ3) is 3.40. The molecule has 0 aromatic rings. The summed E-state index contributed by atoms with van der Waals surface area (Å²) in [5.41, 5.74) is 1.37. The minimum absolute atomic E-state index is 0.149. The van der Waals surface area contributed by atoms with Gasteiger partial charge in [-0.2, -0.15) is 0 Å². The van der Waals surface area contributed by atoms with E-state index in [-0.39, 0.29) is 6.10 Å². The predicted molar refractivity (Wildman–Crippen MR) is 86.7 cm³/mol. The second-order valence-corrected chi connectivity index (χ2v) is 8.57. The summed E-state index contributed by atoms with van der Waals surface area (Å²) in [6.07, 6.45) is 16.3. The normalized spacial score (nSPS) is 21.8. The number of rotatable bonds is 8. The Kier molecular flexibility index (Phi) is 5.58.